The van der Waals surface area contributed by atoms with E-state index in [4.69, 9.17) is 5.11 Å². The molecule has 1 aromatic rings. The zero-order valence-electron chi connectivity index (χ0n) is 11.1. The predicted octanol–water partition coefficient (Wildman–Crippen LogP) is 2.48. The molecule has 0 aromatic heterocycles. The summed E-state index contributed by atoms with van der Waals surface area (Å²) in [5.41, 5.74) is 0.915. The van der Waals surface area contributed by atoms with Crippen molar-refractivity contribution in [3.63, 3.8) is 0 Å². The van der Waals surface area contributed by atoms with E-state index in [1.165, 1.54) is 6.07 Å². The molecule has 1 aromatic carbocycles. The normalized spacial score (nSPS) is 20.1. The van der Waals surface area contributed by atoms with Gasteiger partial charge in [-0.2, -0.15) is 0 Å². The van der Waals surface area contributed by atoms with Gasteiger partial charge < -0.3 is 5.11 Å². The number of carboxylic acids is 1. The first-order chi connectivity index (χ1) is 8.99. The molecule has 0 saturated carbocycles. The van der Waals surface area contributed by atoms with Gasteiger partial charge in [-0.05, 0) is 25.5 Å². The van der Waals surface area contributed by atoms with Crippen LogP contribution in [-0.2, 0) is 4.79 Å². The molecule has 1 aliphatic heterocycles. The lowest BCUT2D eigenvalue weighted by molar-refractivity contribution is -0.384. The third-order valence-corrected chi connectivity index (χ3v) is 3.68. The molecule has 1 fully saturated rings. The third kappa shape index (κ3) is 3.46. The van der Waals surface area contributed by atoms with Gasteiger partial charge in [-0.1, -0.05) is 12.1 Å². The highest BCUT2D eigenvalue weighted by Gasteiger charge is 2.31. The first-order valence-electron chi connectivity index (χ1n) is 6.20. The molecule has 0 spiro atoms. The topological polar surface area (TPSA) is 83.7 Å². The molecule has 1 heterocycles. The number of carboxylic acid groups (broad SMARTS) is 1. The van der Waals surface area contributed by atoms with Gasteiger partial charge in [0, 0.05) is 24.7 Å². The highest BCUT2D eigenvalue weighted by Crippen LogP contribution is 2.29. The summed E-state index contributed by atoms with van der Waals surface area (Å²) in [6.45, 7) is 3.16. The average molecular weight is 301 g/mol. The zero-order chi connectivity index (χ0) is 14.0. The molecule has 7 heteroatoms. The Kier molecular flexibility index (Phi) is 5.47. The predicted molar refractivity (Wildman–Crippen MR) is 76.1 cm³/mol. The number of hydrogen-bond acceptors (Lipinski definition) is 4. The van der Waals surface area contributed by atoms with E-state index in [1.54, 1.807) is 12.1 Å². The van der Waals surface area contributed by atoms with Crippen molar-refractivity contribution < 1.29 is 14.8 Å². The molecule has 0 bridgehead atoms. The van der Waals surface area contributed by atoms with Crippen LogP contribution in [0.4, 0.5) is 5.69 Å². The fraction of sp³-hybridized carbons (Fsp3) is 0.462. The molecule has 20 heavy (non-hydrogen) atoms. The Morgan fingerprint density at radius 1 is 1.55 bits per heavy atom. The molecule has 0 radical (unpaired) electrons. The van der Waals surface area contributed by atoms with Gasteiger partial charge in [0.15, 0.2) is 0 Å². The van der Waals surface area contributed by atoms with Crippen LogP contribution < -0.4 is 0 Å². The minimum absolute atomic E-state index is 0. The number of hydrogen-bond donors (Lipinski definition) is 1. The highest BCUT2D eigenvalue weighted by atomic mass is 35.5. The lowest BCUT2D eigenvalue weighted by Gasteiger charge is -2.24. The molecule has 1 aliphatic rings. The van der Waals surface area contributed by atoms with Crippen molar-refractivity contribution in [1.29, 1.82) is 0 Å². The Morgan fingerprint density at radius 2 is 2.25 bits per heavy atom. The molecule has 0 amide bonds. The Hall–Kier alpha value is -1.66. The van der Waals surface area contributed by atoms with Crippen molar-refractivity contribution in [3.05, 3.63) is 39.9 Å². The number of aliphatic carboxylic acids is 1. The number of benzene rings is 1. The van der Waals surface area contributed by atoms with Gasteiger partial charge in [0.2, 0.25) is 0 Å². The number of nitrogens with zero attached hydrogens (tertiary/aromatic N) is 2. The summed E-state index contributed by atoms with van der Waals surface area (Å²) >= 11 is 0. The van der Waals surface area contributed by atoms with Crippen LogP contribution >= 0.6 is 12.4 Å². The number of non-ortho nitro benzene ring substituents is 1. The zero-order valence-corrected chi connectivity index (χ0v) is 11.9. The minimum Gasteiger partial charge on any atom is -0.481 e. The molecule has 1 N–H and O–H groups in total. The molecule has 2 atom stereocenters. The summed E-state index contributed by atoms with van der Waals surface area (Å²) in [5.74, 6) is -1.10. The largest absolute Gasteiger partial charge is 0.481 e. The monoisotopic (exact) mass is 300 g/mol. The Labute approximate surface area is 123 Å². The van der Waals surface area contributed by atoms with Gasteiger partial charge in [-0.15, -0.1) is 12.4 Å². The highest BCUT2D eigenvalue weighted by molar-refractivity contribution is 5.85. The molecule has 6 nitrogen and oxygen atoms in total. The van der Waals surface area contributed by atoms with E-state index in [2.05, 4.69) is 4.90 Å². The fourth-order valence-electron chi connectivity index (χ4n) is 2.45. The van der Waals surface area contributed by atoms with Crippen LogP contribution in [0, 0.1) is 16.0 Å². The quantitative estimate of drug-likeness (QED) is 0.682. The maximum absolute atomic E-state index is 10.9. The van der Waals surface area contributed by atoms with Crippen molar-refractivity contribution in [2.45, 2.75) is 19.4 Å². The lowest BCUT2D eigenvalue weighted by atomic mass is 10.1. The van der Waals surface area contributed by atoms with Crippen molar-refractivity contribution in [2.24, 2.45) is 5.92 Å². The number of nitro groups is 1. The number of nitro benzene ring substituents is 1. The molecule has 1 saturated heterocycles. The van der Waals surface area contributed by atoms with Crippen molar-refractivity contribution in [2.75, 3.05) is 13.1 Å². The maximum Gasteiger partial charge on any atom is 0.307 e. The smallest absolute Gasteiger partial charge is 0.307 e. The summed E-state index contributed by atoms with van der Waals surface area (Å²) < 4.78 is 0. The molecule has 110 valence electrons. The third-order valence-electron chi connectivity index (χ3n) is 3.68. The first-order valence-corrected chi connectivity index (χ1v) is 6.20. The summed E-state index contributed by atoms with van der Waals surface area (Å²) in [4.78, 5) is 23.3. The summed E-state index contributed by atoms with van der Waals surface area (Å²) in [5, 5.41) is 19.7. The van der Waals surface area contributed by atoms with Gasteiger partial charge >= 0.3 is 5.97 Å². The van der Waals surface area contributed by atoms with E-state index in [9.17, 15) is 14.9 Å². The second-order valence-electron chi connectivity index (χ2n) is 4.85. The molecule has 2 unspecified atom stereocenters. The van der Waals surface area contributed by atoms with Crippen LogP contribution in [-0.4, -0.2) is 34.0 Å². The van der Waals surface area contributed by atoms with Crippen LogP contribution in [0.25, 0.3) is 0 Å². The molecule has 0 aliphatic carbocycles. The van der Waals surface area contributed by atoms with Crippen LogP contribution in [0.1, 0.15) is 24.9 Å². The number of halogens is 1. The van der Waals surface area contributed by atoms with Crippen molar-refractivity contribution >= 4 is 24.1 Å². The summed E-state index contributed by atoms with van der Waals surface area (Å²) in [6.07, 6.45) is 0.634. The van der Waals surface area contributed by atoms with E-state index in [-0.39, 0.29) is 30.1 Å². The minimum atomic E-state index is -0.770. The molecule has 2 rings (SSSR count). The SMILES string of the molecule is CC(c1cccc([N+](=O)[O-])c1)N1CCC(C(=O)O)C1.Cl. The van der Waals surface area contributed by atoms with E-state index >= 15 is 0 Å². The molecular formula is C13H17ClN2O4. The number of likely N-dealkylation sites (tertiary alicyclic amines) is 1. The van der Waals surface area contributed by atoms with Gasteiger partial charge in [0.1, 0.15) is 0 Å². The summed E-state index contributed by atoms with van der Waals surface area (Å²) in [7, 11) is 0. The van der Waals surface area contributed by atoms with Gasteiger partial charge in [-0.3, -0.25) is 19.8 Å². The molecular weight excluding hydrogens is 284 g/mol. The van der Waals surface area contributed by atoms with Crippen LogP contribution in [0.2, 0.25) is 0 Å². The second-order valence-corrected chi connectivity index (χ2v) is 4.85. The van der Waals surface area contributed by atoms with Crippen LogP contribution in [0.5, 0.6) is 0 Å². The Morgan fingerprint density at radius 3 is 2.80 bits per heavy atom. The van der Waals surface area contributed by atoms with E-state index < -0.39 is 10.9 Å². The Balaban J connectivity index is 0.00000200. The van der Waals surface area contributed by atoms with E-state index in [0.717, 1.165) is 5.56 Å². The number of rotatable bonds is 4. The second kappa shape index (κ2) is 6.67. The van der Waals surface area contributed by atoms with E-state index in [1.807, 2.05) is 13.0 Å². The lowest BCUT2D eigenvalue weighted by Crippen LogP contribution is -2.26. The van der Waals surface area contributed by atoms with Crippen LogP contribution in [0.15, 0.2) is 24.3 Å². The van der Waals surface area contributed by atoms with Gasteiger partial charge in [-0.25, -0.2) is 0 Å². The number of carbonyl (C=O) groups is 1. The van der Waals surface area contributed by atoms with Crippen LogP contribution in [0.3, 0.4) is 0 Å². The van der Waals surface area contributed by atoms with Gasteiger partial charge in [0.05, 0.1) is 10.8 Å². The summed E-state index contributed by atoms with van der Waals surface area (Å²) in [6, 6.07) is 6.50. The van der Waals surface area contributed by atoms with Crippen molar-refractivity contribution in [1.82, 2.24) is 4.90 Å². The Bertz CT molecular complexity index is 509. The first kappa shape index (κ1) is 16.4. The van der Waals surface area contributed by atoms with E-state index in [0.29, 0.717) is 19.5 Å². The van der Waals surface area contributed by atoms with Crippen molar-refractivity contribution in [3.8, 4) is 0 Å². The maximum atomic E-state index is 10.9. The van der Waals surface area contributed by atoms with Gasteiger partial charge in [0.25, 0.3) is 5.69 Å². The standard InChI is InChI=1S/C13H16N2O4.ClH/c1-9(14-6-5-11(8-14)13(16)17)10-3-2-4-12(7-10)15(18)19;/h2-4,7,9,11H,5-6,8H2,1H3,(H,16,17);1H. The average Bonchev–Trinajstić information content (AvgIpc) is 2.87. The fourth-order valence-corrected chi connectivity index (χ4v) is 2.45.